The maximum atomic E-state index is 12.7. The summed E-state index contributed by atoms with van der Waals surface area (Å²) in [5.74, 6) is 0.0417. The first-order valence-corrected chi connectivity index (χ1v) is 9.21. The molecule has 0 saturated heterocycles. The molecule has 4 rings (SSSR count). The fraction of sp³-hybridized carbons (Fsp3) is 0.136. The zero-order chi connectivity index (χ0) is 22.3. The molecule has 0 atom stereocenters. The Bertz CT molecular complexity index is 1270. The largest absolute Gasteiger partial charge is 0.493 e. The fourth-order valence-corrected chi connectivity index (χ4v) is 3.62. The van der Waals surface area contributed by atoms with E-state index in [-0.39, 0.29) is 16.9 Å². The van der Waals surface area contributed by atoms with Gasteiger partial charge in [-0.3, -0.25) is 24.3 Å². The molecule has 2 heterocycles. The zero-order valence-corrected chi connectivity index (χ0v) is 17.0. The minimum absolute atomic E-state index is 0.0113. The van der Waals surface area contributed by atoms with Gasteiger partial charge in [-0.2, -0.15) is 0 Å². The van der Waals surface area contributed by atoms with E-state index in [9.17, 15) is 14.4 Å². The number of hydrogen-bond donors (Lipinski definition) is 2. The number of benzene rings is 2. The summed E-state index contributed by atoms with van der Waals surface area (Å²) in [6, 6.07) is 11.7. The number of anilines is 1. The van der Waals surface area contributed by atoms with Crippen LogP contribution in [0.15, 0.2) is 47.3 Å². The van der Waals surface area contributed by atoms with Crippen molar-refractivity contribution in [2.75, 3.05) is 27.1 Å². The Labute approximate surface area is 177 Å². The molecule has 1 aliphatic heterocycles. The Balaban J connectivity index is 1.89. The number of imide groups is 1. The van der Waals surface area contributed by atoms with Crippen LogP contribution in [0.3, 0.4) is 0 Å². The van der Waals surface area contributed by atoms with Crippen molar-refractivity contribution < 1.29 is 23.8 Å². The minimum Gasteiger partial charge on any atom is -0.493 e. The first-order valence-electron chi connectivity index (χ1n) is 9.21. The number of carbonyl (C=O) groups excluding carboxylic acids is 2. The Morgan fingerprint density at radius 3 is 2.13 bits per heavy atom. The zero-order valence-electron chi connectivity index (χ0n) is 17.0. The number of nitrogens with zero attached hydrogens (tertiary/aromatic N) is 1. The topological polar surface area (TPSA) is 122 Å². The maximum Gasteiger partial charge on any atom is 0.262 e. The lowest BCUT2D eigenvalue weighted by atomic mass is 10.0. The molecule has 1 aliphatic rings. The van der Waals surface area contributed by atoms with Crippen molar-refractivity contribution in [3.8, 4) is 34.1 Å². The Kier molecular flexibility index (Phi) is 4.86. The normalized spacial score (nSPS) is 12.4. The number of aromatic nitrogens is 1. The van der Waals surface area contributed by atoms with E-state index in [1.54, 1.807) is 30.3 Å². The quantitative estimate of drug-likeness (QED) is 0.604. The van der Waals surface area contributed by atoms with Gasteiger partial charge in [0.05, 0.1) is 38.1 Å². The average molecular weight is 421 g/mol. The van der Waals surface area contributed by atoms with Crippen LogP contribution in [0.4, 0.5) is 5.82 Å². The molecule has 31 heavy (non-hydrogen) atoms. The summed E-state index contributed by atoms with van der Waals surface area (Å²) >= 11 is 0. The van der Waals surface area contributed by atoms with E-state index in [0.717, 1.165) is 17.2 Å². The lowest BCUT2D eigenvalue weighted by molar-refractivity contribution is 0.0880. The molecule has 158 valence electrons. The van der Waals surface area contributed by atoms with Crippen molar-refractivity contribution in [3.63, 3.8) is 0 Å². The highest BCUT2D eigenvalue weighted by Gasteiger charge is 2.31. The molecule has 0 aliphatic carbocycles. The van der Waals surface area contributed by atoms with Gasteiger partial charge in [0.25, 0.3) is 17.4 Å². The van der Waals surface area contributed by atoms with Crippen LogP contribution in [-0.4, -0.2) is 37.7 Å². The number of ether oxygens (including phenoxy) is 3. The predicted octanol–water partition coefficient (Wildman–Crippen LogP) is 2.00. The highest BCUT2D eigenvalue weighted by molar-refractivity contribution is 6.23. The van der Waals surface area contributed by atoms with E-state index < -0.39 is 17.4 Å². The predicted molar refractivity (Wildman–Crippen MR) is 113 cm³/mol. The number of fused-ring (bicyclic) bond motifs is 1. The third-order valence-corrected chi connectivity index (χ3v) is 5.06. The molecule has 0 unspecified atom stereocenters. The molecule has 0 radical (unpaired) electrons. The summed E-state index contributed by atoms with van der Waals surface area (Å²) in [5.41, 5.74) is 7.49. The smallest absolute Gasteiger partial charge is 0.262 e. The van der Waals surface area contributed by atoms with E-state index >= 15 is 0 Å². The second-order valence-electron chi connectivity index (χ2n) is 6.74. The van der Waals surface area contributed by atoms with E-state index in [4.69, 9.17) is 19.9 Å². The summed E-state index contributed by atoms with van der Waals surface area (Å²) in [6.07, 6.45) is 0. The summed E-state index contributed by atoms with van der Waals surface area (Å²) in [7, 11) is 4.56. The van der Waals surface area contributed by atoms with Crippen LogP contribution in [0, 0.1) is 0 Å². The van der Waals surface area contributed by atoms with Crippen molar-refractivity contribution in [3.05, 3.63) is 63.9 Å². The van der Waals surface area contributed by atoms with Gasteiger partial charge in [-0.15, -0.1) is 0 Å². The van der Waals surface area contributed by atoms with Gasteiger partial charge in [-0.1, -0.05) is 12.1 Å². The van der Waals surface area contributed by atoms with Crippen LogP contribution in [-0.2, 0) is 0 Å². The number of hydrogen-bond acceptors (Lipinski definition) is 7. The number of pyridine rings is 1. The van der Waals surface area contributed by atoms with Gasteiger partial charge in [-0.25, -0.2) is 0 Å². The van der Waals surface area contributed by atoms with Gasteiger partial charge in [0, 0.05) is 6.07 Å². The van der Waals surface area contributed by atoms with E-state index in [2.05, 4.69) is 5.32 Å². The van der Waals surface area contributed by atoms with Gasteiger partial charge >= 0.3 is 0 Å². The molecule has 3 N–H and O–H groups in total. The number of carbonyl (C=O) groups is 2. The monoisotopic (exact) mass is 421 g/mol. The SMILES string of the molecule is COc1cc(-c2cccc(-n3c(N)c4c(cc3=O)C(=O)NC4=O)c2)cc(OC)c1OC. The van der Waals surface area contributed by atoms with Crippen LogP contribution in [0.1, 0.15) is 20.7 Å². The second-order valence-corrected chi connectivity index (χ2v) is 6.74. The molecular formula is C22H19N3O6. The molecule has 0 fully saturated rings. The second kappa shape index (κ2) is 7.52. The third kappa shape index (κ3) is 3.16. The number of methoxy groups -OCH3 is 3. The van der Waals surface area contributed by atoms with Crippen molar-refractivity contribution in [2.24, 2.45) is 0 Å². The number of nitrogens with one attached hydrogen (secondary N) is 1. The summed E-state index contributed by atoms with van der Waals surface area (Å²) in [6.45, 7) is 0. The van der Waals surface area contributed by atoms with Crippen molar-refractivity contribution in [2.45, 2.75) is 0 Å². The summed E-state index contributed by atoms with van der Waals surface area (Å²) in [4.78, 5) is 36.7. The first kappa shape index (κ1) is 20.0. The minimum atomic E-state index is -0.637. The molecule has 1 aromatic heterocycles. The molecule has 0 saturated carbocycles. The highest BCUT2D eigenvalue weighted by atomic mass is 16.5. The Hall–Kier alpha value is -4.27. The number of rotatable bonds is 5. The van der Waals surface area contributed by atoms with Crippen LogP contribution in [0.25, 0.3) is 16.8 Å². The van der Waals surface area contributed by atoms with Crippen molar-refractivity contribution >= 4 is 17.6 Å². The summed E-state index contributed by atoms with van der Waals surface area (Å²) < 4.78 is 17.4. The van der Waals surface area contributed by atoms with Crippen LogP contribution in [0.2, 0.25) is 0 Å². The molecule has 9 heteroatoms. The average Bonchev–Trinajstić information content (AvgIpc) is 3.05. The molecule has 2 amide bonds. The third-order valence-electron chi connectivity index (χ3n) is 5.06. The molecule has 0 bridgehead atoms. The first-order chi connectivity index (χ1) is 14.9. The lowest BCUT2D eigenvalue weighted by Crippen LogP contribution is -2.24. The molecule has 9 nitrogen and oxygen atoms in total. The molecule has 2 aromatic carbocycles. The number of nitrogen functional groups attached to an aromatic ring is 1. The van der Waals surface area contributed by atoms with Gasteiger partial charge in [0.2, 0.25) is 5.75 Å². The Morgan fingerprint density at radius 2 is 1.52 bits per heavy atom. The summed E-state index contributed by atoms with van der Waals surface area (Å²) in [5, 5.41) is 2.15. The van der Waals surface area contributed by atoms with Crippen molar-refractivity contribution in [1.29, 1.82) is 0 Å². The number of nitrogens with two attached hydrogens (primary N) is 1. The van der Waals surface area contributed by atoms with Crippen LogP contribution >= 0.6 is 0 Å². The van der Waals surface area contributed by atoms with Gasteiger partial charge in [0.1, 0.15) is 5.82 Å². The molecular weight excluding hydrogens is 402 g/mol. The molecule has 3 aromatic rings. The van der Waals surface area contributed by atoms with Crippen LogP contribution < -0.4 is 30.8 Å². The van der Waals surface area contributed by atoms with E-state index in [1.165, 1.54) is 25.9 Å². The van der Waals surface area contributed by atoms with Gasteiger partial charge in [-0.05, 0) is 35.4 Å². The molecule has 0 spiro atoms. The standard InChI is InChI=1S/C22H19N3O6/c1-29-15-8-12(9-16(30-2)19(15)31-3)11-5-4-6-13(7-11)25-17(26)10-14-18(20(25)23)22(28)24-21(14)27/h4-10H,23H2,1-3H3,(H,24,27,28). The van der Waals surface area contributed by atoms with Crippen LogP contribution in [0.5, 0.6) is 17.2 Å². The van der Waals surface area contributed by atoms with Gasteiger partial charge < -0.3 is 19.9 Å². The lowest BCUT2D eigenvalue weighted by Gasteiger charge is -2.16. The number of amides is 2. The highest BCUT2D eigenvalue weighted by Crippen LogP contribution is 2.41. The van der Waals surface area contributed by atoms with E-state index in [1.807, 2.05) is 6.07 Å². The maximum absolute atomic E-state index is 12.7. The Morgan fingerprint density at radius 1 is 0.839 bits per heavy atom. The van der Waals surface area contributed by atoms with E-state index in [0.29, 0.717) is 22.9 Å². The van der Waals surface area contributed by atoms with Gasteiger partial charge in [0.15, 0.2) is 11.5 Å². The van der Waals surface area contributed by atoms with Crippen molar-refractivity contribution in [1.82, 2.24) is 9.88 Å². The fourth-order valence-electron chi connectivity index (χ4n) is 3.62.